The van der Waals surface area contributed by atoms with Crippen molar-refractivity contribution in [2.45, 2.75) is 31.7 Å². The van der Waals surface area contributed by atoms with E-state index in [1.807, 2.05) is 18.2 Å². The van der Waals surface area contributed by atoms with Gasteiger partial charge in [-0.25, -0.2) is 4.39 Å². The summed E-state index contributed by atoms with van der Waals surface area (Å²) in [6.07, 6.45) is 3.21. The highest BCUT2D eigenvalue weighted by Crippen LogP contribution is 2.36. The molecule has 2 heterocycles. The first-order valence-corrected chi connectivity index (χ1v) is 9.36. The molecule has 1 aliphatic heterocycles. The van der Waals surface area contributed by atoms with E-state index in [4.69, 9.17) is 4.74 Å². The van der Waals surface area contributed by atoms with Crippen LogP contribution in [0.4, 0.5) is 10.1 Å². The lowest BCUT2D eigenvalue weighted by molar-refractivity contribution is -0.125. The topological polar surface area (TPSA) is 43.3 Å². The second-order valence-corrected chi connectivity index (χ2v) is 7.03. The highest BCUT2D eigenvalue weighted by Gasteiger charge is 2.41. The number of carbonyl (C=O) groups is 1. The summed E-state index contributed by atoms with van der Waals surface area (Å²) in [7, 11) is 0. The highest BCUT2D eigenvalue weighted by atomic mass is 19.1. The molecule has 0 bridgehead atoms. The van der Waals surface area contributed by atoms with Gasteiger partial charge in [0.2, 0.25) is 5.91 Å². The number of aryl methyl sites for hydroxylation is 1. The zero-order valence-corrected chi connectivity index (χ0v) is 15.4. The maximum atomic E-state index is 13.4. The molecule has 27 heavy (non-hydrogen) atoms. The third kappa shape index (κ3) is 3.23. The van der Waals surface area contributed by atoms with Crippen LogP contribution in [0.2, 0.25) is 0 Å². The zero-order chi connectivity index (χ0) is 18.9. The van der Waals surface area contributed by atoms with E-state index in [1.165, 1.54) is 12.1 Å². The van der Waals surface area contributed by atoms with Crippen LogP contribution in [-0.4, -0.2) is 23.7 Å². The Morgan fingerprint density at radius 2 is 1.89 bits per heavy atom. The molecular weight excluding hydrogens is 343 g/mol. The molecule has 1 aromatic heterocycles. The Labute approximate surface area is 157 Å². The average molecular weight is 366 g/mol. The smallest absolute Gasteiger partial charge is 0.235 e. The molecule has 1 N–H and O–H groups in total. The molecule has 140 valence electrons. The average Bonchev–Trinajstić information content (AvgIpc) is 3.11. The van der Waals surface area contributed by atoms with Crippen LogP contribution in [-0.2, 0) is 21.5 Å². The fraction of sp³-hybridized carbons (Fsp3) is 0.318. The molecule has 3 aromatic rings. The van der Waals surface area contributed by atoms with Crippen molar-refractivity contribution in [3.63, 3.8) is 0 Å². The van der Waals surface area contributed by atoms with Crippen LogP contribution >= 0.6 is 0 Å². The van der Waals surface area contributed by atoms with Gasteiger partial charge in [-0.3, -0.25) is 4.79 Å². The molecule has 1 fully saturated rings. The van der Waals surface area contributed by atoms with Gasteiger partial charge in [-0.15, -0.1) is 0 Å². The predicted octanol–water partition coefficient (Wildman–Crippen LogP) is 4.49. The van der Waals surface area contributed by atoms with Crippen LogP contribution in [0, 0.1) is 5.82 Å². The Hall–Kier alpha value is -2.66. The van der Waals surface area contributed by atoms with E-state index in [2.05, 4.69) is 29.1 Å². The van der Waals surface area contributed by atoms with Crippen LogP contribution in [0.25, 0.3) is 10.9 Å². The van der Waals surface area contributed by atoms with Gasteiger partial charge >= 0.3 is 0 Å². The predicted molar refractivity (Wildman–Crippen MR) is 104 cm³/mol. The number of nitrogens with zero attached hydrogens (tertiary/aromatic N) is 1. The largest absolute Gasteiger partial charge is 0.381 e. The number of halogens is 1. The summed E-state index contributed by atoms with van der Waals surface area (Å²) in [6, 6.07) is 14.3. The van der Waals surface area contributed by atoms with Gasteiger partial charge in [-0.2, -0.15) is 0 Å². The van der Waals surface area contributed by atoms with E-state index >= 15 is 0 Å². The van der Waals surface area contributed by atoms with E-state index in [0.29, 0.717) is 26.1 Å². The minimum absolute atomic E-state index is 0.0633. The second kappa shape index (κ2) is 7.16. The number of nitrogens with one attached hydrogen (secondary N) is 1. The summed E-state index contributed by atoms with van der Waals surface area (Å²) >= 11 is 0. The molecule has 1 saturated heterocycles. The number of hydrogen-bond acceptors (Lipinski definition) is 2. The molecule has 2 aromatic carbocycles. The minimum Gasteiger partial charge on any atom is -0.381 e. The summed E-state index contributed by atoms with van der Waals surface area (Å²) in [5, 5.41) is 4.18. The van der Waals surface area contributed by atoms with Crippen molar-refractivity contribution in [2.24, 2.45) is 0 Å². The molecule has 4 nitrogen and oxygen atoms in total. The number of carbonyl (C=O) groups excluding carboxylic acids is 1. The fourth-order valence-corrected chi connectivity index (χ4v) is 3.94. The number of fused-ring (bicyclic) bond motifs is 1. The Morgan fingerprint density at radius 3 is 2.59 bits per heavy atom. The van der Waals surface area contributed by atoms with Crippen LogP contribution in [0.5, 0.6) is 0 Å². The van der Waals surface area contributed by atoms with E-state index in [1.54, 1.807) is 12.1 Å². The van der Waals surface area contributed by atoms with Crippen molar-refractivity contribution in [1.82, 2.24) is 4.57 Å². The van der Waals surface area contributed by atoms with Gasteiger partial charge in [0.15, 0.2) is 0 Å². The van der Waals surface area contributed by atoms with Gasteiger partial charge in [0, 0.05) is 42.5 Å². The Balaban J connectivity index is 1.65. The lowest BCUT2D eigenvalue weighted by Gasteiger charge is -2.36. The number of hydrogen-bond donors (Lipinski definition) is 1. The van der Waals surface area contributed by atoms with Gasteiger partial charge in [-0.1, -0.05) is 12.1 Å². The van der Waals surface area contributed by atoms with E-state index in [-0.39, 0.29) is 11.7 Å². The standard InChI is InChI=1S/C22H23FN2O2/c1-2-25-12-9-16-15-19(7-8-20(16)25)24-21(26)22(10-13-27-14-11-22)17-3-5-18(23)6-4-17/h3-9,12,15H,2,10-11,13-14H2,1H3,(H,24,26). The quantitative estimate of drug-likeness (QED) is 0.739. The van der Waals surface area contributed by atoms with Crippen LogP contribution in [0.15, 0.2) is 54.7 Å². The van der Waals surface area contributed by atoms with E-state index in [0.717, 1.165) is 28.7 Å². The lowest BCUT2D eigenvalue weighted by Crippen LogP contribution is -2.44. The number of aromatic nitrogens is 1. The van der Waals surface area contributed by atoms with E-state index in [9.17, 15) is 9.18 Å². The fourth-order valence-electron chi connectivity index (χ4n) is 3.94. The Bertz CT molecular complexity index is 956. The number of rotatable bonds is 4. The molecule has 0 saturated carbocycles. The monoisotopic (exact) mass is 366 g/mol. The maximum absolute atomic E-state index is 13.4. The molecule has 0 aliphatic carbocycles. The van der Waals surface area contributed by atoms with Crippen molar-refractivity contribution >= 4 is 22.5 Å². The number of ether oxygens (including phenoxy) is 1. The summed E-state index contributed by atoms with van der Waals surface area (Å²) in [6.45, 7) is 4.04. The van der Waals surface area contributed by atoms with Crippen molar-refractivity contribution in [3.05, 3.63) is 66.1 Å². The summed E-state index contributed by atoms with van der Waals surface area (Å²) in [4.78, 5) is 13.3. The minimum atomic E-state index is -0.698. The summed E-state index contributed by atoms with van der Waals surface area (Å²) in [5.74, 6) is -0.362. The third-order valence-electron chi connectivity index (χ3n) is 5.55. The molecular formula is C22H23FN2O2. The normalized spacial score (nSPS) is 16.4. The number of amides is 1. The van der Waals surface area contributed by atoms with Gasteiger partial charge in [0.05, 0.1) is 5.41 Å². The number of benzene rings is 2. The molecule has 5 heteroatoms. The first-order valence-electron chi connectivity index (χ1n) is 9.36. The van der Waals surface area contributed by atoms with Crippen molar-refractivity contribution in [1.29, 1.82) is 0 Å². The SMILES string of the molecule is CCn1ccc2cc(NC(=O)C3(c4ccc(F)cc4)CCOCC3)ccc21. The maximum Gasteiger partial charge on any atom is 0.235 e. The van der Waals surface area contributed by atoms with Crippen LogP contribution in [0.3, 0.4) is 0 Å². The number of anilines is 1. The van der Waals surface area contributed by atoms with Crippen LogP contribution in [0.1, 0.15) is 25.3 Å². The van der Waals surface area contributed by atoms with E-state index < -0.39 is 5.41 Å². The summed E-state index contributed by atoms with van der Waals surface area (Å²) < 4.78 is 21.0. The molecule has 1 aliphatic rings. The van der Waals surface area contributed by atoms with Gasteiger partial charge in [-0.05, 0) is 61.7 Å². The molecule has 1 amide bonds. The van der Waals surface area contributed by atoms with Gasteiger partial charge in [0.1, 0.15) is 5.82 Å². The first kappa shape index (κ1) is 17.7. The van der Waals surface area contributed by atoms with Crippen molar-refractivity contribution in [2.75, 3.05) is 18.5 Å². The lowest BCUT2D eigenvalue weighted by atomic mass is 9.73. The van der Waals surface area contributed by atoms with Crippen molar-refractivity contribution < 1.29 is 13.9 Å². The third-order valence-corrected chi connectivity index (χ3v) is 5.55. The summed E-state index contributed by atoms with van der Waals surface area (Å²) in [5.41, 5.74) is 2.06. The zero-order valence-electron chi connectivity index (χ0n) is 15.4. The second-order valence-electron chi connectivity index (χ2n) is 7.03. The molecule has 0 spiro atoms. The van der Waals surface area contributed by atoms with Crippen molar-refractivity contribution in [3.8, 4) is 0 Å². The molecule has 0 unspecified atom stereocenters. The Kier molecular flexibility index (Phi) is 4.70. The molecule has 0 radical (unpaired) electrons. The van der Waals surface area contributed by atoms with Gasteiger partial charge < -0.3 is 14.6 Å². The first-order chi connectivity index (χ1) is 13.1. The molecule has 0 atom stereocenters. The Morgan fingerprint density at radius 1 is 1.15 bits per heavy atom. The highest BCUT2D eigenvalue weighted by molar-refractivity contribution is 6.00. The van der Waals surface area contributed by atoms with Crippen LogP contribution < -0.4 is 5.32 Å². The van der Waals surface area contributed by atoms with Gasteiger partial charge in [0.25, 0.3) is 0 Å². The molecule has 4 rings (SSSR count).